The Morgan fingerprint density at radius 1 is 1.13 bits per heavy atom. The van der Waals surface area contributed by atoms with Gasteiger partial charge in [-0.3, -0.25) is 13.9 Å². The third kappa shape index (κ3) is 6.06. The van der Waals surface area contributed by atoms with Crippen molar-refractivity contribution in [3.8, 4) is 0 Å². The molecule has 2 aromatic carbocycles. The number of hydrogen-bond acceptors (Lipinski definition) is 4. The number of amides is 2. The molecule has 1 unspecified atom stereocenters. The van der Waals surface area contributed by atoms with Crippen LogP contribution in [0.25, 0.3) is 0 Å². The van der Waals surface area contributed by atoms with Crippen LogP contribution in [0.15, 0.2) is 53.0 Å². The van der Waals surface area contributed by atoms with Crippen LogP contribution in [0.3, 0.4) is 0 Å². The fourth-order valence-electron chi connectivity index (χ4n) is 3.01. The lowest BCUT2D eigenvalue weighted by molar-refractivity contribution is -0.139. The van der Waals surface area contributed by atoms with E-state index in [9.17, 15) is 18.0 Å². The number of sulfonamides is 1. The summed E-state index contributed by atoms with van der Waals surface area (Å²) in [5.74, 6) is -0.801. The number of nitrogens with one attached hydrogen (secondary N) is 1. The summed E-state index contributed by atoms with van der Waals surface area (Å²) in [5, 5.41) is 2.55. The van der Waals surface area contributed by atoms with E-state index in [1.807, 2.05) is 31.2 Å². The summed E-state index contributed by atoms with van der Waals surface area (Å²) in [4.78, 5) is 27.0. The molecule has 7 nitrogen and oxygen atoms in total. The predicted octanol–water partition coefficient (Wildman–Crippen LogP) is 2.69. The maximum Gasteiger partial charge on any atom is 0.244 e. The van der Waals surface area contributed by atoms with Crippen LogP contribution in [0.2, 0.25) is 0 Å². The van der Waals surface area contributed by atoms with Crippen molar-refractivity contribution in [1.29, 1.82) is 0 Å². The molecule has 2 rings (SSSR count). The first-order valence-electron chi connectivity index (χ1n) is 9.33. The van der Waals surface area contributed by atoms with Gasteiger partial charge in [0.15, 0.2) is 0 Å². The zero-order valence-corrected chi connectivity index (χ0v) is 19.8. The second-order valence-corrected chi connectivity index (χ2v) is 9.81. The number of carbonyl (C=O) groups is 2. The van der Waals surface area contributed by atoms with Gasteiger partial charge in [0.1, 0.15) is 12.6 Å². The fourth-order valence-corrected chi connectivity index (χ4v) is 4.24. The van der Waals surface area contributed by atoms with Crippen LogP contribution >= 0.6 is 15.9 Å². The Hall–Kier alpha value is -2.39. The van der Waals surface area contributed by atoms with Crippen LogP contribution in [0.4, 0.5) is 5.69 Å². The van der Waals surface area contributed by atoms with E-state index in [1.54, 1.807) is 31.2 Å². The highest BCUT2D eigenvalue weighted by Gasteiger charge is 2.29. The molecule has 0 radical (unpaired) electrons. The summed E-state index contributed by atoms with van der Waals surface area (Å²) < 4.78 is 26.6. The van der Waals surface area contributed by atoms with Crippen LogP contribution in [-0.2, 0) is 26.2 Å². The molecular formula is C21H26BrN3O4S. The van der Waals surface area contributed by atoms with Gasteiger partial charge >= 0.3 is 0 Å². The zero-order chi connectivity index (χ0) is 22.5. The minimum atomic E-state index is -3.73. The molecule has 9 heteroatoms. The van der Waals surface area contributed by atoms with Crippen molar-refractivity contribution in [3.05, 3.63) is 64.1 Å². The molecule has 1 N–H and O–H groups in total. The normalized spacial score (nSPS) is 12.2. The highest BCUT2D eigenvalue weighted by Crippen LogP contribution is 2.23. The number of rotatable bonds is 8. The summed E-state index contributed by atoms with van der Waals surface area (Å²) in [6.45, 7) is 3.32. The zero-order valence-electron chi connectivity index (χ0n) is 17.4. The monoisotopic (exact) mass is 495 g/mol. The van der Waals surface area contributed by atoms with E-state index in [1.165, 1.54) is 11.9 Å². The number of benzene rings is 2. The summed E-state index contributed by atoms with van der Waals surface area (Å²) in [6.07, 6.45) is 1.05. The molecule has 0 aliphatic heterocycles. The average molecular weight is 496 g/mol. The first-order valence-corrected chi connectivity index (χ1v) is 12.0. The van der Waals surface area contributed by atoms with Crippen LogP contribution in [-0.4, -0.2) is 51.0 Å². The Balaban J connectivity index is 2.40. The maximum atomic E-state index is 13.3. The minimum Gasteiger partial charge on any atom is -0.357 e. The Bertz CT molecular complexity index is 1030. The van der Waals surface area contributed by atoms with E-state index in [4.69, 9.17) is 0 Å². The van der Waals surface area contributed by atoms with E-state index >= 15 is 0 Å². The molecule has 0 aliphatic carbocycles. The Kier molecular flexibility index (Phi) is 8.03. The van der Waals surface area contributed by atoms with Gasteiger partial charge in [-0.15, -0.1) is 0 Å². The first kappa shape index (κ1) is 23.9. The van der Waals surface area contributed by atoms with Gasteiger partial charge in [-0.25, -0.2) is 8.42 Å². The topological polar surface area (TPSA) is 86.8 Å². The molecule has 0 heterocycles. The van der Waals surface area contributed by atoms with E-state index in [0.29, 0.717) is 10.2 Å². The van der Waals surface area contributed by atoms with Crippen LogP contribution in [0.5, 0.6) is 0 Å². The lowest BCUT2D eigenvalue weighted by atomic mass is 10.1. The van der Waals surface area contributed by atoms with Gasteiger partial charge in [0.2, 0.25) is 21.8 Å². The van der Waals surface area contributed by atoms with Crippen LogP contribution < -0.4 is 9.62 Å². The van der Waals surface area contributed by atoms with Gasteiger partial charge in [-0.1, -0.05) is 46.3 Å². The van der Waals surface area contributed by atoms with Gasteiger partial charge in [0, 0.05) is 18.1 Å². The maximum absolute atomic E-state index is 13.3. The Morgan fingerprint density at radius 3 is 2.37 bits per heavy atom. The quantitative estimate of drug-likeness (QED) is 0.609. The highest BCUT2D eigenvalue weighted by atomic mass is 79.9. The molecule has 0 bridgehead atoms. The van der Waals surface area contributed by atoms with Gasteiger partial charge < -0.3 is 10.2 Å². The van der Waals surface area contributed by atoms with Crippen molar-refractivity contribution in [1.82, 2.24) is 10.2 Å². The van der Waals surface area contributed by atoms with E-state index in [2.05, 4.69) is 21.2 Å². The van der Waals surface area contributed by atoms with E-state index in [-0.39, 0.29) is 12.5 Å². The molecule has 2 amide bonds. The number of hydrogen-bond donors (Lipinski definition) is 1. The van der Waals surface area contributed by atoms with Crippen molar-refractivity contribution in [2.45, 2.75) is 26.4 Å². The Labute approximate surface area is 186 Å². The molecule has 162 valence electrons. The first-order chi connectivity index (χ1) is 14.0. The van der Waals surface area contributed by atoms with E-state index < -0.39 is 28.5 Å². The molecule has 0 saturated heterocycles. The number of halogens is 1. The van der Waals surface area contributed by atoms with Gasteiger partial charge in [-0.05, 0) is 43.2 Å². The number of anilines is 1. The van der Waals surface area contributed by atoms with Gasteiger partial charge in [0.05, 0.1) is 11.9 Å². The molecule has 0 saturated carbocycles. The molecule has 0 aliphatic rings. The number of nitrogens with zero attached hydrogens (tertiary/aromatic N) is 2. The molecular weight excluding hydrogens is 470 g/mol. The van der Waals surface area contributed by atoms with Crippen molar-refractivity contribution in [2.24, 2.45) is 0 Å². The largest absolute Gasteiger partial charge is 0.357 e. The number of aryl methyl sites for hydroxylation is 1. The summed E-state index contributed by atoms with van der Waals surface area (Å²) in [5.41, 5.74) is 2.23. The van der Waals surface area contributed by atoms with Crippen LogP contribution in [0.1, 0.15) is 18.1 Å². The molecule has 30 heavy (non-hydrogen) atoms. The summed E-state index contributed by atoms with van der Waals surface area (Å²) in [6, 6.07) is 13.5. The van der Waals surface area contributed by atoms with Crippen molar-refractivity contribution in [2.75, 3.05) is 24.2 Å². The third-order valence-corrected chi connectivity index (χ3v) is 6.42. The second kappa shape index (κ2) is 10.1. The average Bonchev–Trinajstić information content (AvgIpc) is 2.69. The van der Waals surface area contributed by atoms with E-state index in [0.717, 1.165) is 21.7 Å². The Morgan fingerprint density at radius 2 is 1.80 bits per heavy atom. The lowest BCUT2D eigenvalue weighted by Gasteiger charge is -2.31. The minimum absolute atomic E-state index is 0.191. The van der Waals surface area contributed by atoms with Gasteiger partial charge in [-0.2, -0.15) is 0 Å². The molecule has 0 spiro atoms. The van der Waals surface area contributed by atoms with Crippen molar-refractivity contribution in [3.63, 3.8) is 0 Å². The standard InChI is InChI=1S/C21H26BrN3O4S/c1-15-8-5-6-9-17(15)13-24(16(2)21(27)23-3)20(26)14-25(30(4,28)29)19-11-7-10-18(22)12-19/h5-12,16H,13-14H2,1-4H3,(H,23,27). The molecule has 0 aromatic heterocycles. The lowest BCUT2D eigenvalue weighted by Crippen LogP contribution is -2.50. The molecule has 0 fully saturated rings. The molecule has 2 aromatic rings. The summed E-state index contributed by atoms with van der Waals surface area (Å²) in [7, 11) is -2.23. The number of likely N-dealkylation sites (N-methyl/N-ethyl adjacent to an activating group) is 1. The SMILES string of the molecule is CNC(=O)C(C)N(Cc1ccccc1C)C(=O)CN(c1cccc(Br)c1)S(C)(=O)=O. The smallest absolute Gasteiger partial charge is 0.244 e. The predicted molar refractivity (Wildman–Crippen MR) is 122 cm³/mol. The number of carbonyl (C=O) groups excluding carboxylic acids is 2. The second-order valence-electron chi connectivity index (χ2n) is 6.99. The summed E-state index contributed by atoms with van der Waals surface area (Å²) >= 11 is 3.33. The van der Waals surface area contributed by atoms with Crippen LogP contribution in [0, 0.1) is 6.92 Å². The highest BCUT2D eigenvalue weighted by molar-refractivity contribution is 9.10. The fraction of sp³-hybridized carbons (Fsp3) is 0.333. The van der Waals surface area contributed by atoms with Crippen molar-refractivity contribution < 1.29 is 18.0 Å². The van der Waals surface area contributed by atoms with Crippen molar-refractivity contribution >= 4 is 43.5 Å². The van der Waals surface area contributed by atoms with Gasteiger partial charge in [0.25, 0.3) is 0 Å². The molecule has 1 atom stereocenters. The third-order valence-electron chi connectivity index (χ3n) is 4.79.